The van der Waals surface area contributed by atoms with E-state index >= 15 is 0 Å². The second kappa shape index (κ2) is 8.04. The Morgan fingerprint density at radius 2 is 1.88 bits per heavy atom. The van der Waals surface area contributed by atoms with E-state index in [0.717, 1.165) is 31.7 Å². The van der Waals surface area contributed by atoms with Crippen molar-refractivity contribution in [3.63, 3.8) is 0 Å². The number of hydrogen-bond donors (Lipinski definition) is 1. The van der Waals surface area contributed by atoms with Crippen LogP contribution in [-0.2, 0) is 9.47 Å². The smallest absolute Gasteiger partial charge is 0.119 e. The van der Waals surface area contributed by atoms with E-state index in [1.54, 1.807) is 7.11 Å². The van der Waals surface area contributed by atoms with Crippen LogP contribution in [0.4, 0.5) is 0 Å². The average Bonchev–Trinajstić information content (AvgIpc) is 2.62. The van der Waals surface area contributed by atoms with Gasteiger partial charge in [-0.3, -0.25) is 4.90 Å². The van der Waals surface area contributed by atoms with Gasteiger partial charge < -0.3 is 19.3 Å². The van der Waals surface area contributed by atoms with Gasteiger partial charge in [-0.2, -0.15) is 0 Å². The minimum atomic E-state index is -0.632. The minimum Gasteiger partial charge on any atom is -0.491 e. The van der Waals surface area contributed by atoms with E-state index in [9.17, 15) is 5.11 Å². The van der Waals surface area contributed by atoms with Crippen LogP contribution in [0.2, 0.25) is 0 Å². The van der Waals surface area contributed by atoms with E-state index in [-0.39, 0.29) is 5.60 Å². The number of methoxy groups -OCH3 is 1. The zero-order chi connectivity index (χ0) is 17.8. The van der Waals surface area contributed by atoms with Crippen molar-refractivity contribution in [3.05, 3.63) is 29.8 Å². The van der Waals surface area contributed by atoms with E-state index in [0.29, 0.717) is 39.2 Å². The van der Waals surface area contributed by atoms with Crippen LogP contribution >= 0.6 is 0 Å². The highest BCUT2D eigenvalue weighted by Gasteiger charge is 2.40. The van der Waals surface area contributed by atoms with Gasteiger partial charge >= 0.3 is 0 Å². The SMILES string of the molecule is CO[C@@]1(COc2ccc(C)cc2)CCCN(CC2(O)CCOCC2)C1. The average molecular weight is 349 g/mol. The molecule has 5 heteroatoms. The third kappa shape index (κ3) is 4.94. The summed E-state index contributed by atoms with van der Waals surface area (Å²) >= 11 is 0. The summed E-state index contributed by atoms with van der Waals surface area (Å²) in [6, 6.07) is 8.12. The molecule has 0 saturated carbocycles. The minimum absolute atomic E-state index is 0.315. The molecule has 0 radical (unpaired) electrons. The topological polar surface area (TPSA) is 51.2 Å². The van der Waals surface area contributed by atoms with Crippen LogP contribution < -0.4 is 4.74 Å². The highest BCUT2D eigenvalue weighted by atomic mass is 16.5. The Morgan fingerprint density at radius 1 is 1.16 bits per heavy atom. The first-order valence-corrected chi connectivity index (χ1v) is 9.30. The van der Waals surface area contributed by atoms with Gasteiger partial charge in [-0.15, -0.1) is 0 Å². The number of rotatable bonds is 6. The Balaban J connectivity index is 1.59. The maximum atomic E-state index is 10.8. The van der Waals surface area contributed by atoms with E-state index in [2.05, 4.69) is 24.0 Å². The number of ether oxygens (including phenoxy) is 3. The molecular formula is C20H31NO4. The van der Waals surface area contributed by atoms with Crippen molar-refractivity contribution in [2.24, 2.45) is 0 Å². The van der Waals surface area contributed by atoms with Crippen LogP contribution in [0.5, 0.6) is 5.75 Å². The number of β-amino-alcohol motifs (C(OH)–C–C–N with tert-alkyl or cyclic N) is 1. The van der Waals surface area contributed by atoms with Crippen molar-refractivity contribution < 1.29 is 19.3 Å². The molecule has 1 aromatic carbocycles. The van der Waals surface area contributed by atoms with Crippen LogP contribution in [0.3, 0.4) is 0 Å². The normalized spacial score (nSPS) is 27.2. The lowest BCUT2D eigenvalue weighted by atomic mass is 9.89. The van der Waals surface area contributed by atoms with Gasteiger partial charge in [0.15, 0.2) is 0 Å². The number of aryl methyl sites for hydroxylation is 1. The number of hydrogen-bond acceptors (Lipinski definition) is 5. The molecule has 5 nitrogen and oxygen atoms in total. The number of likely N-dealkylation sites (tertiary alicyclic amines) is 1. The fourth-order valence-corrected chi connectivity index (χ4v) is 3.84. The third-order valence-corrected chi connectivity index (χ3v) is 5.52. The Hall–Kier alpha value is -1.14. The maximum Gasteiger partial charge on any atom is 0.119 e. The lowest BCUT2D eigenvalue weighted by molar-refractivity contribution is -0.120. The molecule has 0 bridgehead atoms. The van der Waals surface area contributed by atoms with Crippen LogP contribution in [0.15, 0.2) is 24.3 Å². The second-order valence-corrected chi connectivity index (χ2v) is 7.64. The van der Waals surface area contributed by atoms with E-state index in [4.69, 9.17) is 14.2 Å². The molecule has 2 aliphatic rings. The zero-order valence-corrected chi connectivity index (χ0v) is 15.5. The lowest BCUT2D eigenvalue weighted by Crippen LogP contribution is -2.57. The molecule has 2 aliphatic heterocycles. The first-order chi connectivity index (χ1) is 12.0. The van der Waals surface area contributed by atoms with Crippen molar-refractivity contribution in [1.82, 2.24) is 4.90 Å². The van der Waals surface area contributed by atoms with Gasteiger partial charge in [0.2, 0.25) is 0 Å². The van der Waals surface area contributed by atoms with E-state index in [1.807, 2.05) is 12.1 Å². The Kier molecular flexibility index (Phi) is 6.00. The predicted molar refractivity (Wildman–Crippen MR) is 97.1 cm³/mol. The molecule has 3 rings (SSSR count). The molecule has 140 valence electrons. The largest absolute Gasteiger partial charge is 0.491 e. The number of nitrogens with zero attached hydrogens (tertiary/aromatic N) is 1. The summed E-state index contributed by atoms with van der Waals surface area (Å²) in [5.74, 6) is 0.877. The third-order valence-electron chi connectivity index (χ3n) is 5.52. The summed E-state index contributed by atoms with van der Waals surface area (Å²) in [7, 11) is 1.77. The number of aliphatic hydroxyl groups is 1. The second-order valence-electron chi connectivity index (χ2n) is 7.64. The molecule has 0 aliphatic carbocycles. The lowest BCUT2D eigenvalue weighted by Gasteiger charge is -2.45. The maximum absolute atomic E-state index is 10.8. The summed E-state index contributed by atoms with van der Waals surface area (Å²) in [6.45, 7) is 6.38. The molecule has 2 saturated heterocycles. The molecule has 2 fully saturated rings. The number of piperidine rings is 1. The van der Waals surface area contributed by atoms with Crippen molar-refractivity contribution >= 4 is 0 Å². The summed E-state index contributed by atoms with van der Waals surface area (Å²) in [6.07, 6.45) is 3.46. The molecule has 0 spiro atoms. The molecule has 1 N–H and O–H groups in total. The Labute approximate surface area is 150 Å². The molecule has 0 unspecified atom stereocenters. The first-order valence-electron chi connectivity index (χ1n) is 9.30. The van der Waals surface area contributed by atoms with Gasteiger partial charge in [0.1, 0.15) is 18.0 Å². The predicted octanol–water partition coefficient (Wildman–Crippen LogP) is 2.40. The highest BCUT2D eigenvalue weighted by Crippen LogP contribution is 2.29. The van der Waals surface area contributed by atoms with Gasteiger partial charge in [0.05, 0.1) is 5.60 Å². The molecule has 0 aromatic heterocycles. The highest BCUT2D eigenvalue weighted by molar-refractivity contribution is 5.26. The van der Waals surface area contributed by atoms with Gasteiger partial charge in [0.25, 0.3) is 0 Å². The van der Waals surface area contributed by atoms with Crippen molar-refractivity contribution in [2.45, 2.75) is 43.8 Å². The first kappa shape index (κ1) is 18.6. The van der Waals surface area contributed by atoms with Crippen molar-refractivity contribution in [3.8, 4) is 5.75 Å². The fraction of sp³-hybridized carbons (Fsp3) is 0.700. The van der Waals surface area contributed by atoms with Gasteiger partial charge in [0, 0.05) is 46.3 Å². The summed E-state index contributed by atoms with van der Waals surface area (Å²) in [4.78, 5) is 2.33. The number of benzene rings is 1. The monoisotopic (exact) mass is 349 g/mol. The fourth-order valence-electron chi connectivity index (χ4n) is 3.84. The molecule has 2 heterocycles. The molecule has 1 aromatic rings. The Morgan fingerprint density at radius 3 is 2.56 bits per heavy atom. The van der Waals surface area contributed by atoms with Gasteiger partial charge in [-0.1, -0.05) is 17.7 Å². The van der Waals surface area contributed by atoms with Crippen LogP contribution in [0.25, 0.3) is 0 Å². The van der Waals surface area contributed by atoms with Gasteiger partial charge in [-0.05, 0) is 38.4 Å². The van der Waals surface area contributed by atoms with E-state index in [1.165, 1.54) is 5.56 Å². The molecule has 1 atom stereocenters. The molecular weight excluding hydrogens is 318 g/mol. The summed E-state index contributed by atoms with van der Waals surface area (Å²) in [5.41, 5.74) is 0.278. The zero-order valence-electron chi connectivity index (χ0n) is 15.5. The Bertz CT molecular complexity index is 541. The van der Waals surface area contributed by atoms with Crippen molar-refractivity contribution in [2.75, 3.05) is 46.6 Å². The van der Waals surface area contributed by atoms with Crippen LogP contribution in [0, 0.1) is 6.92 Å². The molecule has 25 heavy (non-hydrogen) atoms. The van der Waals surface area contributed by atoms with Crippen molar-refractivity contribution in [1.29, 1.82) is 0 Å². The van der Waals surface area contributed by atoms with Crippen LogP contribution in [0.1, 0.15) is 31.2 Å². The summed E-state index contributed by atoms with van der Waals surface area (Å²) in [5, 5.41) is 10.8. The summed E-state index contributed by atoms with van der Waals surface area (Å²) < 4.78 is 17.3. The van der Waals surface area contributed by atoms with Crippen LogP contribution in [-0.4, -0.2) is 67.8 Å². The van der Waals surface area contributed by atoms with E-state index < -0.39 is 5.60 Å². The molecule has 0 amide bonds. The standard InChI is InChI=1S/C20H31NO4/c1-17-4-6-18(7-5-17)25-16-20(23-2)8-3-11-21(15-20)14-19(22)9-12-24-13-10-19/h4-7,22H,3,8-16H2,1-2H3/t20-/m0/s1. The quantitative estimate of drug-likeness (QED) is 0.855. The van der Waals surface area contributed by atoms with Gasteiger partial charge in [-0.25, -0.2) is 0 Å².